The Hall–Kier alpha value is -1.58. The lowest BCUT2D eigenvalue weighted by molar-refractivity contribution is -0.384. The normalized spacial score (nSPS) is 13.3. The second kappa shape index (κ2) is 5.08. The van der Waals surface area contributed by atoms with Crippen LogP contribution in [0.25, 0.3) is 11.1 Å². The van der Waals surface area contributed by atoms with E-state index >= 15 is 0 Å². The van der Waals surface area contributed by atoms with E-state index in [0.717, 1.165) is 30.4 Å². The Balaban J connectivity index is 2.28. The van der Waals surface area contributed by atoms with Crippen molar-refractivity contribution in [1.82, 2.24) is 0 Å². The smallest absolute Gasteiger partial charge is 0.258 e. The largest absolute Gasteiger partial charge is 0.277 e. The van der Waals surface area contributed by atoms with Crippen molar-refractivity contribution in [1.29, 1.82) is 0 Å². The zero-order chi connectivity index (χ0) is 14.3. The molecular formula is C15H11Cl2NO2. The Kier molecular flexibility index (Phi) is 3.40. The van der Waals surface area contributed by atoms with Crippen LogP contribution in [0.15, 0.2) is 30.3 Å². The summed E-state index contributed by atoms with van der Waals surface area (Å²) < 4.78 is 0. The maximum absolute atomic E-state index is 11.3. The van der Waals surface area contributed by atoms with Crippen LogP contribution < -0.4 is 0 Å². The molecule has 2 aromatic carbocycles. The maximum atomic E-state index is 11.3. The van der Waals surface area contributed by atoms with Gasteiger partial charge in [0, 0.05) is 6.07 Å². The highest BCUT2D eigenvalue weighted by atomic mass is 35.5. The Morgan fingerprint density at radius 2 is 1.85 bits per heavy atom. The van der Waals surface area contributed by atoms with Crippen LogP contribution in [0.5, 0.6) is 0 Å². The standard InChI is InChI=1S/C15H11Cl2NO2/c16-12-6-4-10(8-13(12)17)15-11-3-1-2-9(11)5-7-14(15)18(19)20/h4-8H,1-3H2. The van der Waals surface area contributed by atoms with E-state index in [0.29, 0.717) is 15.6 Å². The number of rotatable bonds is 2. The molecule has 102 valence electrons. The van der Waals surface area contributed by atoms with Crippen LogP contribution in [0.3, 0.4) is 0 Å². The lowest BCUT2D eigenvalue weighted by atomic mass is 9.95. The fraction of sp³-hybridized carbons (Fsp3) is 0.200. The van der Waals surface area contributed by atoms with Gasteiger partial charge in [0.2, 0.25) is 0 Å². The molecule has 0 heterocycles. The molecule has 0 atom stereocenters. The fourth-order valence-electron chi connectivity index (χ4n) is 2.78. The molecule has 0 saturated heterocycles. The van der Waals surface area contributed by atoms with Gasteiger partial charge in [-0.1, -0.05) is 35.3 Å². The summed E-state index contributed by atoms with van der Waals surface area (Å²) in [5, 5.41) is 12.2. The molecule has 0 saturated carbocycles. The molecule has 0 amide bonds. The third kappa shape index (κ3) is 2.17. The topological polar surface area (TPSA) is 43.1 Å². The van der Waals surface area contributed by atoms with Gasteiger partial charge in [-0.2, -0.15) is 0 Å². The Morgan fingerprint density at radius 1 is 1.05 bits per heavy atom. The zero-order valence-electron chi connectivity index (χ0n) is 10.5. The predicted octanol–water partition coefficient (Wildman–Crippen LogP) is 5.06. The van der Waals surface area contributed by atoms with Gasteiger partial charge in [-0.05, 0) is 48.1 Å². The maximum Gasteiger partial charge on any atom is 0.277 e. The van der Waals surface area contributed by atoms with Gasteiger partial charge in [0.1, 0.15) is 0 Å². The minimum Gasteiger partial charge on any atom is -0.258 e. The van der Waals surface area contributed by atoms with Gasteiger partial charge >= 0.3 is 0 Å². The van der Waals surface area contributed by atoms with Gasteiger partial charge in [-0.3, -0.25) is 10.1 Å². The first-order chi connectivity index (χ1) is 9.58. The van der Waals surface area contributed by atoms with Crippen LogP contribution in [0.1, 0.15) is 17.5 Å². The first-order valence-electron chi connectivity index (χ1n) is 6.32. The van der Waals surface area contributed by atoms with Gasteiger partial charge in [-0.15, -0.1) is 0 Å². The third-order valence-corrected chi connectivity index (χ3v) is 4.40. The lowest BCUT2D eigenvalue weighted by Gasteiger charge is -2.10. The quantitative estimate of drug-likeness (QED) is 0.575. The molecule has 3 rings (SSSR count). The van der Waals surface area contributed by atoms with Crippen molar-refractivity contribution in [2.24, 2.45) is 0 Å². The van der Waals surface area contributed by atoms with Crippen LogP contribution in [-0.2, 0) is 12.8 Å². The molecule has 20 heavy (non-hydrogen) atoms. The van der Waals surface area contributed by atoms with Crippen molar-refractivity contribution in [2.75, 3.05) is 0 Å². The van der Waals surface area contributed by atoms with Crippen LogP contribution in [0.4, 0.5) is 5.69 Å². The molecule has 0 bridgehead atoms. The molecule has 0 N–H and O–H groups in total. The molecule has 0 aromatic heterocycles. The summed E-state index contributed by atoms with van der Waals surface area (Å²) in [7, 11) is 0. The average molecular weight is 308 g/mol. The number of fused-ring (bicyclic) bond motifs is 1. The van der Waals surface area contributed by atoms with Gasteiger partial charge in [0.05, 0.1) is 20.5 Å². The second-order valence-electron chi connectivity index (χ2n) is 4.84. The van der Waals surface area contributed by atoms with Gasteiger partial charge in [-0.25, -0.2) is 0 Å². The molecule has 0 radical (unpaired) electrons. The zero-order valence-corrected chi connectivity index (χ0v) is 12.0. The first kappa shape index (κ1) is 13.4. The molecule has 0 unspecified atom stereocenters. The number of hydrogen-bond acceptors (Lipinski definition) is 2. The SMILES string of the molecule is O=[N+]([O-])c1ccc2c(c1-c1ccc(Cl)c(Cl)c1)CCC2. The number of aryl methyl sites for hydroxylation is 1. The van der Waals surface area contributed by atoms with Crippen molar-refractivity contribution >= 4 is 28.9 Å². The van der Waals surface area contributed by atoms with Crippen LogP contribution in [0.2, 0.25) is 10.0 Å². The molecule has 5 heteroatoms. The Labute approximate surface area is 126 Å². The van der Waals surface area contributed by atoms with Crippen LogP contribution in [0, 0.1) is 10.1 Å². The molecule has 0 aliphatic heterocycles. The molecule has 0 spiro atoms. The van der Waals surface area contributed by atoms with Crippen molar-refractivity contribution in [3.63, 3.8) is 0 Å². The molecular weight excluding hydrogens is 297 g/mol. The van der Waals surface area contributed by atoms with Gasteiger partial charge in [0.15, 0.2) is 0 Å². The van der Waals surface area contributed by atoms with Crippen molar-refractivity contribution in [2.45, 2.75) is 19.3 Å². The number of nitro benzene ring substituents is 1. The monoisotopic (exact) mass is 307 g/mol. The van der Waals surface area contributed by atoms with E-state index in [4.69, 9.17) is 23.2 Å². The third-order valence-electron chi connectivity index (χ3n) is 3.67. The van der Waals surface area contributed by atoms with E-state index in [1.165, 1.54) is 5.56 Å². The summed E-state index contributed by atoms with van der Waals surface area (Å²) in [6.45, 7) is 0. The lowest BCUT2D eigenvalue weighted by Crippen LogP contribution is -1.97. The van der Waals surface area contributed by atoms with Crippen molar-refractivity contribution in [3.05, 3.63) is 61.6 Å². The molecule has 2 aromatic rings. The second-order valence-corrected chi connectivity index (χ2v) is 5.65. The Bertz CT molecular complexity index is 713. The van der Waals surface area contributed by atoms with Crippen molar-refractivity contribution in [3.8, 4) is 11.1 Å². The van der Waals surface area contributed by atoms with E-state index in [2.05, 4.69) is 0 Å². The first-order valence-corrected chi connectivity index (χ1v) is 7.08. The highest BCUT2D eigenvalue weighted by Crippen LogP contribution is 2.40. The number of hydrogen-bond donors (Lipinski definition) is 0. The van der Waals surface area contributed by atoms with Gasteiger partial charge < -0.3 is 0 Å². The minimum atomic E-state index is -0.337. The van der Waals surface area contributed by atoms with Crippen LogP contribution >= 0.6 is 23.2 Å². The summed E-state index contributed by atoms with van der Waals surface area (Å²) in [5.41, 5.74) is 3.83. The average Bonchev–Trinajstić information content (AvgIpc) is 2.89. The fourth-order valence-corrected chi connectivity index (χ4v) is 3.08. The highest BCUT2D eigenvalue weighted by molar-refractivity contribution is 6.42. The van der Waals surface area contributed by atoms with E-state index in [1.807, 2.05) is 6.07 Å². The van der Waals surface area contributed by atoms with Crippen LogP contribution in [-0.4, -0.2) is 4.92 Å². The molecule has 3 nitrogen and oxygen atoms in total. The molecule has 1 aliphatic rings. The number of nitro groups is 1. The van der Waals surface area contributed by atoms with Gasteiger partial charge in [0.25, 0.3) is 5.69 Å². The summed E-state index contributed by atoms with van der Waals surface area (Å²) in [4.78, 5) is 11.0. The highest BCUT2D eigenvalue weighted by Gasteiger charge is 2.24. The van der Waals surface area contributed by atoms with E-state index in [-0.39, 0.29) is 10.6 Å². The van der Waals surface area contributed by atoms with E-state index in [9.17, 15) is 10.1 Å². The summed E-state index contributed by atoms with van der Waals surface area (Å²) in [6, 6.07) is 8.61. The number of nitrogens with zero attached hydrogens (tertiary/aromatic N) is 1. The summed E-state index contributed by atoms with van der Waals surface area (Å²) >= 11 is 12.0. The van der Waals surface area contributed by atoms with E-state index in [1.54, 1.807) is 24.3 Å². The Morgan fingerprint density at radius 3 is 2.55 bits per heavy atom. The molecule has 0 fully saturated rings. The summed E-state index contributed by atoms with van der Waals surface area (Å²) in [5.74, 6) is 0. The predicted molar refractivity (Wildman–Crippen MR) is 80.6 cm³/mol. The minimum absolute atomic E-state index is 0.129. The number of halogens is 2. The number of benzene rings is 2. The molecule has 1 aliphatic carbocycles. The summed E-state index contributed by atoms with van der Waals surface area (Å²) in [6.07, 6.45) is 2.87. The van der Waals surface area contributed by atoms with E-state index < -0.39 is 0 Å². The van der Waals surface area contributed by atoms with Crippen molar-refractivity contribution < 1.29 is 4.92 Å².